The minimum Gasteiger partial charge on any atom is -0.365 e. The molecular weight excluding hydrogens is 274 g/mol. The second-order valence-electron chi connectivity index (χ2n) is 5.24. The van der Waals surface area contributed by atoms with E-state index in [2.05, 4.69) is 24.1 Å². The summed E-state index contributed by atoms with van der Waals surface area (Å²) in [5.41, 5.74) is 0.724. The van der Waals surface area contributed by atoms with Crippen molar-refractivity contribution < 1.29 is 8.42 Å². The van der Waals surface area contributed by atoms with Gasteiger partial charge in [-0.1, -0.05) is 26.0 Å². The van der Waals surface area contributed by atoms with Crippen LogP contribution >= 0.6 is 0 Å². The maximum atomic E-state index is 11.8. The fourth-order valence-electron chi connectivity index (χ4n) is 2.73. The molecular formula is C14H23N3O2S. The van der Waals surface area contributed by atoms with Crippen LogP contribution < -0.4 is 15.4 Å². The molecule has 1 aromatic rings. The zero-order chi connectivity index (χ0) is 14.8. The smallest absolute Gasteiger partial charge is 0.240 e. The molecule has 0 amide bonds. The Morgan fingerprint density at radius 3 is 2.60 bits per heavy atom. The molecule has 1 aliphatic heterocycles. The Hall–Kier alpha value is -1.11. The SMILES string of the molecule is CCC1CN(c2ccccc2S(N)(=O)=O)C(CC)CN1. The van der Waals surface area contributed by atoms with Crippen LogP contribution in [0, 0.1) is 0 Å². The first kappa shape index (κ1) is 15.3. The van der Waals surface area contributed by atoms with Crippen molar-refractivity contribution in [3.8, 4) is 0 Å². The molecule has 1 saturated heterocycles. The zero-order valence-corrected chi connectivity index (χ0v) is 12.9. The monoisotopic (exact) mass is 297 g/mol. The van der Waals surface area contributed by atoms with Crippen molar-refractivity contribution >= 4 is 15.7 Å². The lowest BCUT2D eigenvalue weighted by molar-refractivity contribution is 0.377. The Morgan fingerprint density at radius 2 is 2.00 bits per heavy atom. The summed E-state index contributed by atoms with van der Waals surface area (Å²) in [5.74, 6) is 0. The molecule has 5 nitrogen and oxygen atoms in total. The number of nitrogens with zero attached hydrogens (tertiary/aromatic N) is 1. The summed E-state index contributed by atoms with van der Waals surface area (Å²) >= 11 is 0. The molecule has 0 bridgehead atoms. The molecule has 0 spiro atoms. The molecule has 1 heterocycles. The number of anilines is 1. The molecule has 0 aliphatic carbocycles. The Kier molecular flexibility index (Phi) is 4.67. The van der Waals surface area contributed by atoms with Crippen LogP contribution in [0.3, 0.4) is 0 Å². The van der Waals surface area contributed by atoms with E-state index < -0.39 is 10.0 Å². The van der Waals surface area contributed by atoms with Crippen molar-refractivity contribution in [3.05, 3.63) is 24.3 Å². The first-order valence-electron chi connectivity index (χ1n) is 7.09. The van der Waals surface area contributed by atoms with E-state index in [4.69, 9.17) is 5.14 Å². The highest BCUT2D eigenvalue weighted by molar-refractivity contribution is 7.89. The quantitative estimate of drug-likeness (QED) is 0.878. The van der Waals surface area contributed by atoms with Crippen LogP contribution in [0.25, 0.3) is 0 Å². The topological polar surface area (TPSA) is 75.4 Å². The molecule has 20 heavy (non-hydrogen) atoms. The normalized spacial score (nSPS) is 23.9. The van der Waals surface area contributed by atoms with Crippen LogP contribution in [0.15, 0.2) is 29.2 Å². The van der Waals surface area contributed by atoms with Gasteiger partial charge in [0.05, 0.1) is 5.69 Å². The number of para-hydroxylation sites is 1. The summed E-state index contributed by atoms with van der Waals surface area (Å²) in [6, 6.07) is 7.68. The molecule has 0 radical (unpaired) electrons. The lowest BCUT2D eigenvalue weighted by atomic mass is 10.0. The first-order chi connectivity index (χ1) is 9.47. The third kappa shape index (κ3) is 3.13. The largest absolute Gasteiger partial charge is 0.365 e. The van der Waals surface area contributed by atoms with E-state index in [9.17, 15) is 8.42 Å². The van der Waals surface area contributed by atoms with E-state index in [-0.39, 0.29) is 4.90 Å². The number of sulfonamides is 1. The molecule has 2 unspecified atom stereocenters. The Bertz CT molecular complexity index is 559. The van der Waals surface area contributed by atoms with E-state index in [1.165, 1.54) is 0 Å². The first-order valence-corrected chi connectivity index (χ1v) is 8.63. The molecule has 2 rings (SSSR count). The average Bonchev–Trinajstić information content (AvgIpc) is 2.45. The van der Waals surface area contributed by atoms with Crippen molar-refractivity contribution in [2.45, 2.75) is 43.7 Å². The van der Waals surface area contributed by atoms with Gasteiger partial charge >= 0.3 is 0 Å². The fourth-order valence-corrected chi connectivity index (χ4v) is 3.48. The third-order valence-electron chi connectivity index (χ3n) is 3.95. The molecule has 0 saturated carbocycles. The number of primary sulfonamides is 1. The Labute approximate surface area is 121 Å². The van der Waals surface area contributed by atoms with Crippen LogP contribution in [0.1, 0.15) is 26.7 Å². The van der Waals surface area contributed by atoms with E-state index in [0.717, 1.165) is 31.6 Å². The molecule has 112 valence electrons. The highest BCUT2D eigenvalue weighted by Crippen LogP contribution is 2.28. The number of benzene rings is 1. The number of hydrogen-bond donors (Lipinski definition) is 2. The Balaban J connectivity index is 2.42. The van der Waals surface area contributed by atoms with E-state index in [1.54, 1.807) is 12.1 Å². The zero-order valence-electron chi connectivity index (χ0n) is 12.0. The molecule has 1 fully saturated rings. The van der Waals surface area contributed by atoms with E-state index in [1.807, 2.05) is 12.1 Å². The van der Waals surface area contributed by atoms with Gasteiger partial charge in [0.15, 0.2) is 0 Å². The molecule has 1 aliphatic rings. The van der Waals surface area contributed by atoms with Crippen LogP contribution in [0.4, 0.5) is 5.69 Å². The van der Waals surface area contributed by atoms with Gasteiger partial charge in [0, 0.05) is 25.2 Å². The second kappa shape index (κ2) is 6.11. The van der Waals surface area contributed by atoms with Gasteiger partial charge in [-0.15, -0.1) is 0 Å². The maximum absolute atomic E-state index is 11.8. The van der Waals surface area contributed by atoms with E-state index in [0.29, 0.717) is 12.1 Å². The van der Waals surface area contributed by atoms with Crippen LogP contribution in [-0.2, 0) is 10.0 Å². The lowest BCUT2D eigenvalue weighted by Gasteiger charge is -2.42. The van der Waals surface area contributed by atoms with Gasteiger partial charge in [0.1, 0.15) is 4.90 Å². The van der Waals surface area contributed by atoms with Crippen LogP contribution in [-0.4, -0.2) is 33.6 Å². The molecule has 6 heteroatoms. The average molecular weight is 297 g/mol. The minimum atomic E-state index is -3.70. The number of hydrogen-bond acceptors (Lipinski definition) is 4. The van der Waals surface area contributed by atoms with Crippen LogP contribution in [0.2, 0.25) is 0 Å². The molecule has 1 aromatic carbocycles. The van der Waals surface area contributed by atoms with Gasteiger partial charge in [-0.25, -0.2) is 13.6 Å². The second-order valence-corrected chi connectivity index (χ2v) is 6.77. The van der Waals surface area contributed by atoms with Crippen molar-refractivity contribution in [2.75, 3.05) is 18.0 Å². The maximum Gasteiger partial charge on any atom is 0.240 e. The number of rotatable bonds is 4. The van der Waals surface area contributed by atoms with E-state index >= 15 is 0 Å². The van der Waals surface area contributed by atoms with Crippen molar-refractivity contribution in [2.24, 2.45) is 5.14 Å². The summed E-state index contributed by atoms with van der Waals surface area (Å²) in [5, 5.41) is 8.85. The van der Waals surface area contributed by atoms with Gasteiger partial charge < -0.3 is 10.2 Å². The molecule has 0 aromatic heterocycles. The molecule has 2 atom stereocenters. The van der Waals surface area contributed by atoms with Gasteiger partial charge in [-0.05, 0) is 25.0 Å². The number of piperazine rings is 1. The summed E-state index contributed by atoms with van der Waals surface area (Å²) in [7, 11) is -3.70. The lowest BCUT2D eigenvalue weighted by Crippen LogP contribution is -2.56. The van der Waals surface area contributed by atoms with Gasteiger partial charge in [0.25, 0.3) is 0 Å². The highest BCUT2D eigenvalue weighted by atomic mass is 32.2. The van der Waals surface area contributed by atoms with Gasteiger partial charge in [-0.2, -0.15) is 0 Å². The number of nitrogens with one attached hydrogen (secondary N) is 1. The Morgan fingerprint density at radius 1 is 1.30 bits per heavy atom. The van der Waals surface area contributed by atoms with Crippen LogP contribution in [0.5, 0.6) is 0 Å². The van der Waals surface area contributed by atoms with Crippen molar-refractivity contribution in [1.29, 1.82) is 0 Å². The fraction of sp³-hybridized carbons (Fsp3) is 0.571. The van der Waals surface area contributed by atoms with Crippen molar-refractivity contribution in [3.63, 3.8) is 0 Å². The molecule has 3 N–H and O–H groups in total. The number of nitrogens with two attached hydrogens (primary N) is 1. The highest BCUT2D eigenvalue weighted by Gasteiger charge is 2.29. The summed E-state index contributed by atoms with van der Waals surface area (Å²) in [6.07, 6.45) is 1.98. The van der Waals surface area contributed by atoms with Gasteiger partial charge in [0.2, 0.25) is 10.0 Å². The standard InChI is InChI=1S/C14H23N3O2S/c1-3-11-10-17(12(4-2)9-16-11)13-7-5-6-8-14(13)20(15,18)19/h5-8,11-12,16H,3-4,9-10H2,1-2H3,(H2,15,18,19). The summed E-state index contributed by atoms with van der Waals surface area (Å²) in [6.45, 7) is 5.92. The predicted molar refractivity (Wildman–Crippen MR) is 81.3 cm³/mol. The summed E-state index contributed by atoms with van der Waals surface area (Å²) < 4.78 is 23.6. The third-order valence-corrected chi connectivity index (χ3v) is 4.90. The van der Waals surface area contributed by atoms with Crippen molar-refractivity contribution in [1.82, 2.24) is 5.32 Å². The minimum absolute atomic E-state index is 0.218. The summed E-state index contributed by atoms with van der Waals surface area (Å²) in [4.78, 5) is 2.40. The van der Waals surface area contributed by atoms with Gasteiger partial charge in [-0.3, -0.25) is 0 Å². The predicted octanol–water partition coefficient (Wildman–Crippen LogP) is 1.30.